The van der Waals surface area contributed by atoms with Crippen LogP contribution in [-0.4, -0.2) is 68.9 Å². The summed E-state index contributed by atoms with van der Waals surface area (Å²) in [5.74, 6) is 0.0674. The number of nitrogens with zero attached hydrogens (tertiary/aromatic N) is 5. The summed E-state index contributed by atoms with van der Waals surface area (Å²) in [6, 6.07) is -0.147. The number of rotatable bonds is 3. The van der Waals surface area contributed by atoms with Crippen LogP contribution in [0.15, 0.2) is 17.5 Å². The molecule has 1 unspecified atom stereocenters. The summed E-state index contributed by atoms with van der Waals surface area (Å²) in [7, 11) is 0. The van der Waals surface area contributed by atoms with Crippen molar-refractivity contribution in [3.8, 4) is 0 Å². The fourth-order valence-electron chi connectivity index (χ4n) is 2.25. The van der Waals surface area contributed by atoms with E-state index in [-0.39, 0.29) is 17.8 Å². The van der Waals surface area contributed by atoms with Gasteiger partial charge >= 0.3 is 0 Å². The molecule has 0 spiro atoms. The summed E-state index contributed by atoms with van der Waals surface area (Å²) in [5, 5.41) is 11.7. The van der Waals surface area contributed by atoms with Gasteiger partial charge in [0.15, 0.2) is 5.84 Å². The highest BCUT2D eigenvalue weighted by atomic mass is 16.4. The maximum Gasteiger partial charge on any atom is 0.274 e. The zero-order valence-corrected chi connectivity index (χ0v) is 12.2. The van der Waals surface area contributed by atoms with E-state index in [1.807, 2.05) is 13.8 Å². The lowest BCUT2D eigenvalue weighted by Crippen LogP contribution is -2.54. The molecule has 8 nitrogen and oxygen atoms in total. The minimum Gasteiger partial charge on any atom is -0.409 e. The van der Waals surface area contributed by atoms with Gasteiger partial charge in [-0.3, -0.25) is 14.7 Å². The van der Waals surface area contributed by atoms with Crippen molar-refractivity contribution in [1.29, 1.82) is 0 Å². The summed E-state index contributed by atoms with van der Waals surface area (Å²) >= 11 is 0. The van der Waals surface area contributed by atoms with Crippen molar-refractivity contribution in [2.75, 3.05) is 26.2 Å². The molecule has 1 atom stereocenters. The molecule has 1 saturated heterocycles. The molecular weight excluding hydrogens is 272 g/mol. The fourth-order valence-corrected chi connectivity index (χ4v) is 2.25. The van der Waals surface area contributed by atoms with E-state index < -0.39 is 0 Å². The predicted molar refractivity (Wildman–Crippen MR) is 77.1 cm³/mol. The molecule has 2 rings (SSSR count). The van der Waals surface area contributed by atoms with Crippen molar-refractivity contribution in [3.63, 3.8) is 0 Å². The highest BCUT2D eigenvalue weighted by molar-refractivity contribution is 5.92. The van der Waals surface area contributed by atoms with Crippen LogP contribution in [0.5, 0.6) is 0 Å². The van der Waals surface area contributed by atoms with Crippen LogP contribution >= 0.6 is 0 Å². The quantitative estimate of drug-likeness (QED) is 0.342. The van der Waals surface area contributed by atoms with Crippen molar-refractivity contribution < 1.29 is 10.0 Å². The summed E-state index contributed by atoms with van der Waals surface area (Å²) in [4.78, 5) is 24.3. The van der Waals surface area contributed by atoms with Gasteiger partial charge in [-0.25, -0.2) is 4.98 Å². The molecule has 1 aromatic rings. The molecule has 1 fully saturated rings. The van der Waals surface area contributed by atoms with E-state index in [1.165, 1.54) is 6.20 Å². The largest absolute Gasteiger partial charge is 0.409 e. The molecule has 3 N–H and O–H groups in total. The lowest BCUT2D eigenvalue weighted by Gasteiger charge is -2.37. The SMILES string of the molecule is Cc1cnc(C(=O)N2CCN(C(C)C(N)=NO)CC2)cn1. The Hall–Kier alpha value is -2.22. The van der Waals surface area contributed by atoms with Crippen molar-refractivity contribution in [2.24, 2.45) is 10.9 Å². The number of oxime groups is 1. The van der Waals surface area contributed by atoms with Crippen molar-refractivity contribution in [3.05, 3.63) is 23.8 Å². The molecule has 114 valence electrons. The van der Waals surface area contributed by atoms with Gasteiger partial charge in [-0.05, 0) is 13.8 Å². The molecular formula is C13H20N6O2. The Labute approximate surface area is 123 Å². The van der Waals surface area contributed by atoms with Gasteiger partial charge in [-0.2, -0.15) is 0 Å². The molecule has 1 aliphatic heterocycles. The van der Waals surface area contributed by atoms with E-state index in [9.17, 15) is 4.79 Å². The number of amidine groups is 1. The molecule has 0 aliphatic carbocycles. The summed E-state index contributed by atoms with van der Waals surface area (Å²) < 4.78 is 0. The van der Waals surface area contributed by atoms with E-state index >= 15 is 0 Å². The minimum atomic E-state index is -0.147. The first-order valence-corrected chi connectivity index (χ1v) is 6.82. The summed E-state index contributed by atoms with van der Waals surface area (Å²) in [6.07, 6.45) is 3.09. The maximum absolute atomic E-state index is 12.3. The predicted octanol–water partition coefficient (Wildman–Crippen LogP) is -0.322. The summed E-state index contributed by atoms with van der Waals surface area (Å²) in [6.45, 7) is 6.20. The fraction of sp³-hybridized carbons (Fsp3) is 0.538. The Bertz CT molecular complexity index is 522. The van der Waals surface area contributed by atoms with Gasteiger partial charge in [0, 0.05) is 32.4 Å². The lowest BCUT2D eigenvalue weighted by atomic mass is 10.2. The Morgan fingerprint density at radius 2 is 2.00 bits per heavy atom. The van der Waals surface area contributed by atoms with Gasteiger partial charge in [0.25, 0.3) is 5.91 Å². The Kier molecular flexibility index (Phi) is 4.69. The number of carbonyl (C=O) groups is 1. The van der Waals surface area contributed by atoms with Gasteiger partial charge in [-0.1, -0.05) is 5.16 Å². The molecule has 21 heavy (non-hydrogen) atoms. The minimum absolute atomic E-state index is 0.112. The van der Waals surface area contributed by atoms with E-state index in [0.29, 0.717) is 31.9 Å². The van der Waals surface area contributed by atoms with Crippen LogP contribution in [0.4, 0.5) is 0 Å². The van der Waals surface area contributed by atoms with Crippen LogP contribution in [0.25, 0.3) is 0 Å². The van der Waals surface area contributed by atoms with Crippen LogP contribution < -0.4 is 5.73 Å². The number of aryl methyl sites for hydroxylation is 1. The van der Waals surface area contributed by atoms with Crippen LogP contribution in [0.1, 0.15) is 23.1 Å². The van der Waals surface area contributed by atoms with Gasteiger partial charge in [0.05, 0.1) is 17.9 Å². The monoisotopic (exact) mass is 292 g/mol. The second-order valence-corrected chi connectivity index (χ2v) is 5.07. The number of aromatic nitrogens is 2. The van der Waals surface area contributed by atoms with Crippen molar-refractivity contribution in [2.45, 2.75) is 19.9 Å². The van der Waals surface area contributed by atoms with E-state index in [2.05, 4.69) is 20.0 Å². The summed E-state index contributed by atoms with van der Waals surface area (Å²) in [5.41, 5.74) is 6.75. The Morgan fingerprint density at radius 3 is 2.52 bits per heavy atom. The first-order chi connectivity index (χ1) is 10.0. The van der Waals surface area contributed by atoms with Crippen LogP contribution in [0.3, 0.4) is 0 Å². The number of nitrogens with two attached hydrogens (primary N) is 1. The van der Waals surface area contributed by atoms with Crippen LogP contribution in [0, 0.1) is 6.92 Å². The first-order valence-electron chi connectivity index (χ1n) is 6.82. The third kappa shape index (κ3) is 3.46. The van der Waals surface area contributed by atoms with E-state index in [4.69, 9.17) is 10.9 Å². The second kappa shape index (κ2) is 6.49. The average molecular weight is 292 g/mol. The number of carbonyl (C=O) groups excluding carboxylic acids is 1. The van der Waals surface area contributed by atoms with Crippen LogP contribution in [0.2, 0.25) is 0 Å². The number of piperazine rings is 1. The van der Waals surface area contributed by atoms with Gasteiger partial charge < -0.3 is 15.8 Å². The van der Waals surface area contributed by atoms with Crippen LogP contribution in [-0.2, 0) is 0 Å². The molecule has 1 aromatic heterocycles. The highest BCUT2D eigenvalue weighted by Gasteiger charge is 2.26. The molecule has 0 aromatic carbocycles. The Balaban J connectivity index is 1.94. The van der Waals surface area contributed by atoms with E-state index in [0.717, 1.165) is 5.69 Å². The van der Waals surface area contributed by atoms with Gasteiger partial charge in [0.2, 0.25) is 0 Å². The van der Waals surface area contributed by atoms with Crippen molar-refractivity contribution in [1.82, 2.24) is 19.8 Å². The third-order valence-corrected chi connectivity index (χ3v) is 3.69. The molecule has 1 amide bonds. The Morgan fingerprint density at radius 1 is 1.33 bits per heavy atom. The maximum atomic E-state index is 12.3. The molecule has 8 heteroatoms. The lowest BCUT2D eigenvalue weighted by molar-refractivity contribution is 0.0612. The smallest absolute Gasteiger partial charge is 0.274 e. The standard InChI is InChI=1S/C13H20N6O2/c1-9-7-16-11(8-15-9)13(20)19-5-3-18(4-6-19)10(2)12(14)17-21/h7-8,10,21H,3-6H2,1-2H3,(H2,14,17). The number of hydrogen-bond donors (Lipinski definition) is 2. The topological polar surface area (TPSA) is 108 Å². The highest BCUT2D eigenvalue weighted by Crippen LogP contribution is 2.09. The molecule has 0 saturated carbocycles. The first kappa shape index (κ1) is 15.2. The average Bonchev–Trinajstić information content (AvgIpc) is 2.53. The zero-order valence-electron chi connectivity index (χ0n) is 12.2. The third-order valence-electron chi connectivity index (χ3n) is 3.69. The molecule has 1 aliphatic rings. The number of amides is 1. The second-order valence-electron chi connectivity index (χ2n) is 5.07. The van der Waals surface area contributed by atoms with Gasteiger partial charge in [0.1, 0.15) is 5.69 Å². The normalized spacial score (nSPS) is 18.6. The molecule has 0 radical (unpaired) electrons. The molecule has 0 bridgehead atoms. The number of hydrogen-bond acceptors (Lipinski definition) is 6. The zero-order chi connectivity index (χ0) is 15.4. The molecule has 2 heterocycles. The van der Waals surface area contributed by atoms with Gasteiger partial charge in [-0.15, -0.1) is 0 Å². The van der Waals surface area contributed by atoms with Crippen molar-refractivity contribution >= 4 is 11.7 Å². The van der Waals surface area contributed by atoms with E-state index in [1.54, 1.807) is 11.1 Å².